The number of unbranched alkanes of at least 4 members (excludes halogenated alkanes) is 2. The van der Waals surface area contributed by atoms with Crippen LogP contribution >= 0.6 is 7.94 Å². The van der Waals surface area contributed by atoms with Gasteiger partial charge in [-0.2, -0.15) is 0 Å². The molecule has 0 aromatic rings. The van der Waals surface area contributed by atoms with Crippen molar-refractivity contribution in [1.29, 1.82) is 0 Å². The molecule has 0 aliphatic rings. The molecule has 0 amide bonds. The summed E-state index contributed by atoms with van der Waals surface area (Å²) in [7, 11) is -5.06. The fraction of sp³-hybridized carbons (Fsp3) is 1.00. The van der Waals surface area contributed by atoms with Crippen molar-refractivity contribution in [1.82, 2.24) is 0 Å². The molecule has 0 saturated heterocycles. The van der Waals surface area contributed by atoms with Crippen LogP contribution in [0.3, 0.4) is 0 Å². The first-order chi connectivity index (χ1) is 5.89. The maximum absolute atomic E-state index is 10.3. The van der Waals surface area contributed by atoms with Gasteiger partial charge in [0.2, 0.25) is 0 Å². The molecule has 0 fully saturated rings. The van der Waals surface area contributed by atoms with Crippen LogP contribution in [0.25, 0.3) is 0 Å². The molecule has 0 heterocycles. The molecule has 5 nitrogen and oxygen atoms in total. The van der Waals surface area contributed by atoms with Gasteiger partial charge in [-0.1, -0.05) is 26.2 Å². The quantitative estimate of drug-likeness (QED) is 0.278. The molecular weight excluding hydrogens is 241 g/mol. The molecule has 2 atom stereocenters. The average molecular weight is 256 g/mol. The smallest absolute Gasteiger partial charge is 0.686 e. The number of hydrogen-bond acceptors (Lipinski definition) is 5. The minimum Gasteiger partial charge on any atom is -0.686 e. The van der Waals surface area contributed by atoms with E-state index in [1.807, 2.05) is 6.92 Å². The number of hydrogen-bond donors (Lipinski definition) is 2. The first-order valence-corrected chi connectivity index (χ1v) is 5.88. The van der Waals surface area contributed by atoms with Crippen LogP contribution in [0.1, 0.15) is 32.6 Å². The summed E-state index contributed by atoms with van der Waals surface area (Å²) in [5, 5.41) is 17.9. The third-order valence-corrected chi connectivity index (χ3v) is 2.76. The second kappa shape index (κ2) is 11.3. The van der Waals surface area contributed by atoms with E-state index in [4.69, 9.17) is 10.2 Å². The molecule has 0 saturated carbocycles. The van der Waals surface area contributed by atoms with Crippen LogP contribution in [0.5, 0.6) is 0 Å². The van der Waals surface area contributed by atoms with Crippen molar-refractivity contribution >= 4 is 7.94 Å². The topological polar surface area (TPSA) is 110 Å². The van der Waals surface area contributed by atoms with E-state index < -0.39 is 19.9 Å². The number of aliphatic hydroxyl groups excluding tert-OH is 2. The average Bonchev–Trinajstić information content (AvgIpc) is 2.01. The largest absolute Gasteiger partial charge is 1.00 e. The summed E-state index contributed by atoms with van der Waals surface area (Å²) in [5.41, 5.74) is 0. The Hall–Kier alpha value is 2.23. The Morgan fingerprint density at radius 3 is 1.87 bits per heavy atom. The van der Waals surface area contributed by atoms with E-state index in [-0.39, 0.29) is 65.5 Å². The fourth-order valence-electron chi connectivity index (χ4n) is 0.963. The zero-order valence-electron chi connectivity index (χ0n) is 9.55. The molecule has 0 spiro atoms. The standard InChI is InChI=1S/C7H17O5P.2Na/c1-2-3-4-5-6(8)7(9)13(10,11)12;;/h6-9H,2-5H2,1H3,(H2,10,11,12);;/q;2*+1/p-2/t6-,7-;;/m0../s1. The van der Waals surface area contributed by atoms with E-state index in [0.29, 0.717) is 6.42 Å². The minimum absolute atomic E-state index is 0. The van der Waals surface area contributed by atoms with Crippen LogP contribution in [0, 0.1) is 0 Å². The van der Waals surface area contributed by atoms with E-state index in [0.717, 1.165) is 12.8 Å². The van der Waals surface area contributed by atoms with E-state index in [9.17, 15) is 14.7 Å². The van der Waals surface area contributed by atoms with Crippen molar-refractivity contribution in [2.75, 3.05) is 0 Å². The van der Waals surface area contributed by atoms with Crippen LogP contribution < -0.4 is 73.8 Å². The summed E-state index contributed by atoms with van der Waals surface area (Å²) in [6, 6.07) is 0. The summed E-state index contributed by atoms with van der Waals surface area (Å²) < 4.78 is 0. The van der Waals surface area contributed by atoms with Crippen LogP contribution in [0.4, 0.5) is 0 Å². The van der Waals surface area contributed by atoms with Crippen molar-refractivity contribution in [2.24, 2.45) is 0 Å². The molecule has 80 valence electrons. The van der Waals surface area contributed by atoms with Gasteiger partial charge in [0.05, 0.1) is 0 Å². The van der Waals surface area contributed by atoms with E-state index >= 15 is 0 Å². The predicted octanol–water partition coefficient (Wildman–Crippen LogP) is -7.90. The Kier molecular flexibility index (Phi) is 16.9. The van der Waals surface area contributed by atoms with Crippen molar-refractivity contribution in [3.8, 4) is 0 Å². The van der Waals surface area contributed by atoms with Gasteiger partial charge in [-0.15, -0.1) is 7.94 Å². The van der Waals surface area contributed by atoms with Gasteiger partial charge in [0.25, 0.3) is 0 Å². The zero-order valence-corrected chi connectivity index (χ0v) is 14.4. The molecule has 2 N–H and O–H groups in total. The monoisotopic (exact) mass is 256 g/mol. The maximum Gasteiger partial charge on any atom is 1.00 e. The molecule has 8 heteroatoms. The van der Waals surface area contributed by atoms with Gasteiger partial charge in [0.1, 0.15) is 6.10 Å². The zero-order chi connectivity index (χ0) is 10.5. The molecule has 0 aliphatic heterocycles. The third kappa shape index (κ3) is 11.1. The third-order valence-electron chi connectivity index (χ3n) is 1.77. The van der Waals surface area contributed by atoms with Gasteiger partial charge >= 0.3 is 59.1 Å². The molecule has 0 radical (unpaired) electrons. The molecule has 0 rings (SSSR count). The van der Waals surface area contributed by atoms with E-state index in [2.05, 4.69) is 0 Å². The van der Waals surface area contributed by atoms with Crippen LogP contribution in [-0.2, 0) is 0 Å². The van der Waals surface area contributed by atoms with E-state index in [1.165, 1.54) is 0 Å². The van der Waals surface area contributed by atoms with Crippen molar-refractivity contribution in [3.05, 3.63) is 0 Å². The first-order valence-electron chi connectivity index (χ1n) is 4.27. The van der Waals surface area contributed by atoms with Gasteiger partial charge in [0, 0.05) is 0 Å². The molecule has 15 heavy (non-hydrogen) atoms. The summed E-state index contributed by atoms with van der Waals surface area (Å²) in [6.45, 7) is 1.95. The van der Waals surface area contributed by atoms with Gasteiger partial charge in [-0.05, 0) is 6.42 Å². The summed E-state index contributed by atoms with van der Waals surface area (Å²) in [5.74, 6) is -2.16. The molecule has 0 aliphatic carbocycles. The molecule has 0 unspecified atom stereocenters. The second-order valence-electron chi connectivity index (χ2n) is 3.02. The van der Waals surface area contributed by atoms with Crippen molar-refractivity contribution in [3.63, 3.8) is 0 Å². The van der Waals surface area contributed by atoms with Crippen molar-refractivity contribution in [2.45, 2.75) is 44.6 Å². The normalized spacial score (nSPS) is 14.8. The number of aliphatic hydroxyl groups is 2. The molecular formula is C7H15Na2O5P. The molecule has 0 aromatic carbocycles. The number of rotatable bonds is 6. The van der Waals surface area contributed by atoms with Gasteiger partial charge < -0.3 is 24.9 Å². The van der Waals surface area contributed by atoms with E-state index in [1.54, 1.807) is 0 Å². The predicted molar refractivity (Wildman–Crippen MR) is 43.1 cm³/mol. The summed E-state index contributed by atoms with van der Waals surface area (Å²) in [4.78, 5) is 30.8. The Bertz CT molecular complexity index is 144. The Morgan fingerprint density at radius 2 is 1.53 bits per heavy atom. The summed E-state index contributed by atoms with van der Waals surface area (Å²) in [6.07, 6.45) is 1.06. The van der Waals surface area contributed by atoms with Crippen LogP contribution in [-0.4, -0.2) is 22.2 Å². The molecule has 0 bridgehead atoms. The second-order valence-corrected chi connectivity index (χ2v) is 4.63. The minimum atomic E-state index is -5.06. The van der Waals surface area contributed by atoms with Gasteiger partial charge in [-0.3, -0.25) is 0 Å². The van der Waals surface area contributed by atoms with Crippen LogP contribution in [0.2, 0.25) is 0 Å². The Labute approximate surface area is 135 Å². The van der Waals surface area contributed by atoms with Crippen molar-refractivity contribution < 1.29 is 84.0 Å². The van der Waals surface area contributed by atoms with Crippen LogP contribution in [0.15, 0.2) is 0 Å². The first kappa shape index (κ1) is 22.4. The summed E-state index contributed by atoms with van der Waals surface area (Å²) >= 11 is 0. The fourth-order valence-corrected chi connectivity index (χ4v) is 1.53. The Morgan fingerprint density at radius 1 is 1.07 bits per heavy atom. The van der Waals surface area contributed by atoms with Gasteiger partial charge in [0.15, 0.2) is 5.85 Å². The maximum atomic E-state index is 10.3. The van der Waals surface area contributed by atoms with Gasteiger partial charge in [-0.25, -0.2) is 0 Å². The SMILES string of the molecule is CCCCC[C@H](O)[C@@H](O)[P+]([O-])([O-])[O-].[Na+].[Na+]. The Balaban J connectivity index is -0.000000720. The molecule has 0 aromatic heterocycles.